The van der Waals surface area contributed by atoms with Gasteiger partial charge in [-0.25, -0.2) is 0 Å². The lowest BCUT2D eigenvalue weighted by molar-refractivity contribution is -0.132. The second-order valence-corrected chi connectivity index (χ2v) is 8.54. The topological polar surface area (TPSA) is 32.3 Å². The largest absolute Gasteiger partial charge is 0.343 e. The van der Waals surface area contributed by atoms with E-state index >= 15 is 0 Å². The maximum Gasteiger partial charge on any atom is 0.222 e. The summed E-state index contributed by atoms with van der Waals surface area (Å²) in [5.41, 5.74) is 2.98. The summed E-state index contributed by atoms with van der Waals surface area (Å²) < 4.78 is 0. The molecule has 0 aromatic heterocycles. The van der Waals surface area contributed by atoms with Crippen molar-refractivity contribution in [2.24, 2.45) is 5.92 Å². The molecule has 1 aromatic rings. The van der Waals surface area contributed by atoms with E-state index in [0.717, 1.165) is 57.7 Å². The van der Waals surface area contributed by atoms with Crippen LogP contribution in [0.3, 0.4) is 0 Å². The first kappa shape index (κ1) is 23.0. The van der Waals surface area contributed by atoms with Crippen molar-refractivity contribution in [3.8, 4) is 0 Å². The molecule has 3 nitrogen and oxygen atoms in total. The van der Waals surface area contributed by atoms with Crippen LogP contribution in [0.5, 0.6) is 0 Å². The highest BCUT2D eigenvalue weighted by Crippen LogP contribution is 2.23. The second kappa shape index (κ2) is 10.9. The molecule has 0 aliphatic carbocycles. The van der Waals surface area contributed by atoms with Crippen LogP contribution in [0.4, 0.5) is 0 Å². The molecule has 1 fully saturated rings. The zero-order valence-electron chi connectivity index (χ0n) is 17.0. The van der Waals surface area contributed by atoms with Crippen molar-refractivity contribution >= 4 is 18.3 Å². The fourth-order valence-electron chi connectivity index (χ4n) is 3.61. The van der Waals surface area contributed by atoms with Gasteiger partial charge in [0.15, 0.2) is 0 Å². The van der Waals surface area contributed by atoms with Gasteiger partial charge in [-0.1, -0.05) is 45.0 Å². The third-order valence-corrected chi connectivity index (χ3v) is 5.39. The number of carbonyl (C=O) groups is 1. The Labute approximate surface area is 166 Å². The molecule has 1 saturated heterocycles. The Hall–Kier alpha value is -1.06. The average molecular weight is 381 g/mol. The van der Waals surface area contributed by atoms with Gasteiger partial charge in [0.05, 0.1) is 0 Å². The lowest BCUT2D eigenvalue weighted by Crippen LogP contribution is -2.40. The summed E-state index contributed by atoms with van der Waals surface area (Å²) >= 11 is 0. The zero-order chi connectivity index (χ0) is 18.3. The van der Waals surface area contributed by atoms with Crippen molar-refractivity contribution in [2.75, 3.05) is 26.7 Å². The summed E-state index contributed by atoms with van der Waals surface area (Å²) in [5, 5.41) is 3.25. The van der Waals surface area contributed by atoms with Gasteiger partial charge >= 0.3 is 0 Å². The van der Waals surface area contributed by atoms with E-state index in [1.54, 1.807) is 0 Å². The Morgan fingerprint density at radius 3 is 2.27 bits per heavy atom. The van der Waals surface area contributed by atoms with E-state index in [-0.39, 0.29) is 17.8 Å². The van der Waals surface area contributed by atoms with Crippen molar-refractivity contribution in [3.63, 3.8) is 0 Å². The van der Waals surface area contributed by atoms with Crippen LogP contribution < -0.4 is 5.32 Å². The summed E-state index contributed by atoms with van der Waals surface area (Å²) in [4.78, 5) is 14.4. The highest BCUT2D eigenvalue weighted by atomic mass is 35.5. The van der Waals surface area contributed by atoms with Crippen molar-refractivity contribution in [2.45, 2.75) is 64.7 Å². The van der Waals surface area contributed by atoms with Crippen LogP contribution in [0.15, 0.2) is 24.3 Å². The number of nitrogens with one attached hydrogen (secondary N) is 1. The Kier molecular flexibility index (Phi) is 9.67. The summed E-state index contributed by atoms with van der Waals surface area (Å²) in [7, 11) is 2.01. The minimum absolute atomic E-state index is 0. The van der Waals surface area contributed by atoms with Gasteiger partial charge in [-0.15, -0.1) is 12.4 Å². The fraction of sp³-hybridized carbons (Fsp3) is 0.682. The van der Waals surface area contributed by atoms with Crippen molar-refractivity contribution in [1.29, 1.82) is 0 Å². The van der Waals surface area contributed by atoms with Crippen LogP contribution in [0.1, 0.15) is 64.0 Å². The molecule has 148 valence electrons. The van der Waals surface area contributed by atoms with Crippen LogP contribution in [0, 0.1) is 5.92 Å². The molecule has 0 saturated carbocycles. The molecule has 1 N–H and O–H groups in total. The predicted octanol–water partition coefficient (Wildman–Crippen LogP) is 4.58. The smallest absolute Gasteiger partial charge is 0.222 e. The molecule has 1 aliphatic rings. The maximum absolute atomic E-state index is 12.3. The first-order valence-electron chi connectivity index (χ1n) is 9.92. The van der Waals surface area contributed by atoms with Crippen LogP contribution in [-0.4, -0.2) is 37.5 Å². The molecule has 0 unspecified atom stereocenters. The van der Waals surface area contributed by atoms with E-state index in [0.29, 0.717) is 12.3 Å². The minimum atomic E-state index is 0. The van der Waals surface area contributed by atoms with E-state index in [9.17, 15) is 4.79 Å². The highest BCUT2D eigenvalue weighted by Gasteiger charge is 2.21. The summed E-state index contributed by atoms with van der Waals surface area (Å²) in [5.74, 6) is 1.09. The monoisotopic (exact) mass is 380 g/mol. The third-order valence-electron chi connectivity index (χ3n) is 5.39. The number of nitrogens with zero attached hydrogens (tertiary/aromatic N) is 1. The fourth-order valence-corrected chi connectivity index (χ4v) is 3.61. The number of hydrogen-bond acceptors (Lipinski definition) is 2. The number of hydrogen-bond donors (Lipinski definition) is 1. The molecule has 1 aliphatic heterocycles. The molecule has 0 atom stereocenters. The van der Waals surface area contributed by atoms with E-state index in [1.807, 2.05) is 7.05 Å². The van der Waals surface area contributed by atoms with E-state index < -0.39 is 0 Å². The molecule has 1 aromatic carbocycles. The van der Waals surface area contributed by atoms with Gasteiger partial charge in [-0.05, 0) is 68.2 Å². The van der Waals surface area contributed by atoms with Crippen LogP contribution in [0.2, 0.25) is 0 Å². The Morgan fingerprint density at radius 1 is 1.12 bits per heavy atom. The van der Waals surface area contributed by atoms with Crippen LogP contribution in [0.25, 0.3) is 0 Å². The Bertz CT molecular complexity index is 528. The lowest BCUT2D eigenvalue weighted by Gasteiger charge is -2.32. The number of likely N-dealkylation sites (tertiary alicyclic amines) is 1. The molecule has 2 rings (SSSR count). The highest BCUT2D eigenvalue weighted by molar-refractivity contribution is 5.85. The number of benzene rings is 1. The molecule has 1 amide bonds. The summed E-state index contributed by atoms with van der Waals surface area (Å²) in [6.45, 7) is 9.70. The average Bonchev–Trinajstić information content (AvgIpc) is 2.59. The molecular weight excluding hydrogens is 344 g/mol. The molecule has 4 heteroatoms. The summed E-state index contributed by atoms with van der Waals surface area (Å²) in [6.07, 6.45) is 6.16. The van der Waals surface area contributed by atoms with E-state index in [1.165, 1.54) is 11.1 Å². The number of amides is 1. The lowest BCUT2D eigenvalue weighted by atomic mass is 9.86. The molecule has 0 radical (unpaired) electrons. The van der Waals surface area contributed by atoms with Gasteiger partial charge in [0, 0.05) is 19.5 Å². The molecule has 1 heterocycles. The van der Waals surface area contributed by atoms with Gasteiger partial charge in [0.25, 0.3) is 0 Å². The van der Waals surface area contributed by atoms with Gasteiger partial charge in [0.1, 0.15) is 0 Å². The number of aryl methyl sites for hydroxylation is 1. The second-order valence-electron chi connectivity index (χ2n) is 8.54. The van der Waals surface area contributed by atoms with E-state index in [2.05, 4.69) is 55.3 Å². The van der Waals surface area contributed by atoms with Crippen LogP contribution in [-0.2, 0) is 16.6 Å². The third kappa shape index (κ3) is 7.28. The first-order valence-corrected chi connectivity index (χ1v) is 9.92. The van der Waals surface area contributed by atoms with Gasteiger partial charge in [-0.3, -0.25) is 4.79 Å². The number of halogens is 1. The standard InChI is InChI=1S/C22H36N2O.ClH/c1-22(2,3)20-11-9-18(10-12-20)7-5-6-8-21(25)24-15-13-19(14-16-24)17-23-4;/h9-12,19,23H,5-8,13-17H2,1-4H3;1H. The minimum Gasteiger partial charge on any atom is -0.343 e. The van der Waals surface area contributed by atoms with E-state index in [4.69, 9.17) is 0 Å². The summed E-state index contributed by atoms with van der Waals surface area (Å²) in [6, 6.07) is 8.98. The van der Waals surface area contributed by atoms with Gasteiger partial charge in [-0.2, -0.15) is 0 Å². The number of unbranched alkanes of at least 4 members (excludes halogenated alkanes) is 1. The normalized spacial score (nSPS) is 15.6. The van der Waals surface area contributed by atoms with Crippen molar-refractivity contribution < 1.29 is 4.79 Å². The van der Waals surface area contributed by atoms with Crippen LogP contribution >= 0.6 is 12.4 Å². The number of piperidine rings is 1. The molecular formula is C22H37ClN2O. The van der Waals surface area contributed by atoms with Crippen molar-refractivity contribution in [1.82, 2.24) is 10.2 Å². The Morgan fingerprint density at radius 2 is 1.73 bits per heavy atom. The predicted molar refractivity (Wildman–Crippen MR) is 113 cm³/mol. The zero-order valence-corrected chi connectivity index (χ0v) is 17.8. The van der Waals surface area contributed by atoms with Gasteiger partial charge in [0.2, 0.25) is 5.91 Å². The first-order chi connectivity index (χ1) is 11.9. The quantitative estimate of drug-likeness (QED) is 0.702. The molecule has 0 spiro atoms. The Balaban J connectivity index is 0.00000338. The number of rotatable bonds is 7. The maximum atomic E-state index is 12.3. The van der Waals surface area contributed by atoms with Crippen molar-refractivity contribution in [3.05, 3.63) is 35.4 Å². The molecule has 26 heavy (non-hydrogen) atoms. The molecule has 0 bridgehead atoms. The number of carbonyl (C=O) groups excluding carboxylic acids is 1. The van der Waals surface area contributed by atoms with Gasteiger partial charge < -0.3 is 10.2 Å². The SMILES string of the molecule is CNCC1CCN(C(=O)CCCCc2ccc(C(C)(C)C)cc2)CC1.Cl.